The Labute approximate surface area is 132 Å². The Morgan fingerprint density at radius 2 is 1.77 bits per heavy atom. The molecule has 1 aromatic carbocycles. The van der Waals surface area contributed by atoms with Gasteiger partial charge in [-0.1, -0.05) is 36.8 Å². The zero-order chi connectivity index (χ0) is 16.5. The zero-order valence-corrected chi connectivity index (χ0v) is 14.2. The number of Topliss-reactive ketones (excluding diaryl/α,β-unsaturated/α-hetero) is 1. The fraction of sp³-hybridized carbons (Fsp3) is 0.471. The Bertz CT molecular complexity index is 676. The lowest BCUT2D eigenvalue weighted by Crippen LogP contribution is -2.30. The van der Waals surface area contributed by atoms with E-state index in [9.17, 15) is 13.2 Å². The molecule has 22 heavy (non-hydrogen) atoms. The van der Waals surface area contributed by atoms with Gasteiger partial charge in [0.2, 0.25) is 10.0 Å². The Morgan fingerprint density at radius 1 is 1.23 bits per heavy atom. The van der Waals surface area contributed by atoms with E-state index < -0.39 is 10.0 Å². The van der Waals surface area contributed by atoms with E-state index in [0.29, 0.717) is 13.0 Å². The molecule has 0 aromatic heterocycles. The SMILES string of the molecule is C=C(C)[C@@H]1CN(S(=O)(=O)c2ccc(C)cc2)C[C@H]1C(=O)CC. The first-order chi connectivity index (χ1) is 10.3. The molecule has 0 radical (unpaired) electrons. The Hall–Kier alpha value is -1.46. The van der Waals surface area contributed by atoms with Crippen LogP contribution in [0.1, 0.15) is 25.8 Å². The normalized spacial score (nSPS) is 22.7. The highest BCUT2D eigenvalue weighted by Gasteiger charge is 2.42. The van der Waals surface area contributed by atoms with Crippen LogP contribution in [0, 0.1) is 18.8 Å². The zero-order valence-electron chi connectivity index (χ0n) is 13.4. The molecule has 0 unspecified atom stereocenters. The Balaban J connectivity index is 2.31. The summed E-state index contributed by atoms with van der Waals surface area (Å²) in [4.78, 5) is 12.4. The van der Waals surface area contributed by atoms with Crippen molar-refractivity contribution in [3.05, 3.63) is 42.0 Å². The molecule has 0 amide bonds. The summed E-state index contributed by atoms with van der Waals surface area (Å²) in [7, 11) is -3.56. The van der Waals surface area contributed by atoms with Gasteiger partial charge in [0, 0.05) is 31.3 Å². The number of ketones is 1. The number of hydrogen-bond donors (Lipinski definition) is 0. The van der Waals surface area contributed by atoms with E-state index >= 15 is 0 Å². The second-order valence-electron chi connectivity index (χ2n) is 6.01. The van der Waals surface area contributed by atoms with Crippen molar-refractivity contribution in [3.63, 3.8) is 0 Å². The highest BCUT2D eigenvalue weighted by molar-refractivity contribution is 7.89. The van der Waals surface area contributed by atoms with Gasteiger partial charge >= 0.3 is 0 Å². The highest BCUT2D eigenvalue weighted by Crippen LogP contribution is 2.33. The van der Waals surface area contributed by atoms with Crippen molar-refractivity contribution in [1.29, 1.82) is 0 Å². The number of aryl methyl sites for hydroxylation is 1. The van der Waals surface area contributed by atoms with Gasteiger partial charge in [-0.3, -0.25) is 4.79 Å². The molecule has 120 valence electrons. The predicted molar refractivity (Wildman–Crippen MR) is 87.0 cm³/mol. The van der Waals surface area contributed by atoms with Gasteiger partial charge in [-0.05, 0) is 26.0 Å². The second-order valence-corrected chi connectivity index (χ2v) is 7.95. The molecule has 0 bridgehead atoms. The molecule has 2 atom stereocenters. The fourth-order valence-electron chi connectivity index (χ4n) is 2.91. The molecule has 1 aliphatic rings. The van der Waals surface area contributed by atoms with Crippen molar-refractivity contribution in [3.8, 4) is 0 Å². The highest BCUT2D eigenvalue weighted by atomic mass is 32.2. The van der Waals surface area contributed by atoms with Gasteiger partial charge in [0.1, 0.15) is 5.78 Å². The van der Waals surface area contributed by atoms with Crippen LogP contribution >= 0.6 is 0 Å². The van der Waals surface area contributed by atoms with Crippen LogP contribution in [-0.4, -0.2) is 31.6 Å². The molecular formula is C17H23NO3S. The first-order valence-corrected chi connectivity index (χ1v) is 8.96. The summed E-state index contributed by atoms with van der Waals surface area (Å²) in [5.41, 5.74) is 1.88. The van der Waals surface area contributed by atoms with Crippen LogP contribution in [0.2, 0.25) is 0 Å². The standard InChI is InChI=1S/C17H23NO3S/c1-5-17(19)16-11-18(10-15(16)12(2)3)22(20,21)14-8-6-13(4)7-9-14/h6-9,15-16H,2,5,10-11H2,1,3-4H3/t15-,16+/m0/s1. The summed E-state index contributed by atoms with van der Waals surface area (Å²) < 4.78 is 26.9. The number of sulfonamides is 1. The Kier molecular flexibility index (Phi) is 4.87. The van der Waals surface area contributed by atoms with E-state index in [0.717, 1.165) is 11.1 Å². The first-order valence-electron chi connectivity index (χ1n) is 7.52. The van der Waals surface area contributed by atoms with Gasteiger partial charge in [0.05, 0.1) is 4.90 Å². The van der Waals surface area contributed by atoms with E-state index in [4.69, 9.17) is 0 Å². The van der Waals surface area contributed by atoms with Gasteiger partial charge in [-0.2, -0.15) is 4.31 Å². The van der Waals surface area contributed by atoms with E-state index in [-0.39, 0.29) is 29.1 Å². The molecule has 0 saturated carbocycles. The number of benzene rings is 1. The molecule has 1 heterocycles. The smallest absolute Gasteiger partial charge is 0.243 e. The average Bonchev–Trinajstić information content (AvgIpc) is 2.93. The minimum Gasteiger partial charge on any atom is -0.299 e. The van der Waals surface area contributed by atoms with Gasteiger partial charge in [0.25, 0.3) is 0 Å². The van der Waals surface area contributed by atoms with Crippen LogP contribution in [0.3, 0.4) is 0 Å². The molecule has 1 saturated heterocycles. The quantitative estimate of drug-likeness (QED) is 0.784. The van der Waals surface area contributed by atoms with Crippen LogP contribution in [0.4, 0.5) is 0 Å². The molecular weight excluding hydrogens is 298 g/mol. The van der Waals surface area contributed by atoms with Gasteiger partial charge < -0.3 is 0 Å². The van der Waals surface area contributed by atoms with Crippen molar-refractivity contribution in [2.75, 3.05) is 13.1 Å². The van der Waals surface area contributed by atoms with Crippen LogP contribution in [0.25, 0.3) is 0 Å². The van der Waals surface area contributed by atoms with Crippen LogP contribution in [0.15, 0.2) is 41.3 Å². The average molecular weight is 321 g/mol. The molecule has 0 aliphatic carbocycles. The summed E-state index contributed by atoms with van der Waals surface area (Å²) in [6, 6.07) is 6.81. The van der Waals surface area contributed by atoms with Gasteiger partial charge in [-0.25, -0.2) is 8.42 Å². The van der Waals surface area contributed by atoms with Crippen LogP contribution in [0.5, 0.6) is 0 Å². The summed E-state index contributed by atoms with van der Waals surface area (Å²) >= 11 is 0. The third-order valence-corrected chi connectivity index (χ3v) is 6.19. The first kappa shape index (κ1) is 16.9. The Morgan fingerprint density at radius 3 is 2.27 bits per heavy atom. The fourth-order valence-corrected chi connectivity index (χ4v) is 4.40. The van der Waals surface area contributed by atoms with Crippen molar-refractivity contribution >= 4 is 15.8 Å². The van der Waals surface area contributed by atoms with Crippen molar-refractivity contribution in [2.45, 2.75) is 32.1 Å². The maximum Gasteiger partial charge on any atom is 0.243 e. The van der Waals surface area contributed by atoms with Crippen molar-refractivity contribution in [1.82, 2.24) is 4.31 Å². The van der Waals surface area contributed by atoms with Gasteiger partial charge in [0.15, 0.2) is 0 Å². The van der Waals surface area contributed by atoms with Crippen LogP contribution in [-0.2, 0) is 14.8 Å². The third kappa shape index (κ3) is 3.15. The second kappa shape index (κ2) is 6.34. The largest absolute Gasteiger partial charge is 0.299 e. The summed E-state index contributed by atoms with van der Waals surface area (Å²) in [5.74, 6) is -0.259. The van der Waals surface area contributed by atoms with E-state index in [1.165, 1.54) is 4.31 Å². The van der Waals surface area contributed by atoms with Crippen molar-refractivity contribution in [2.24, 2.45) is 11.8 Å². The molecule has 5 heteroatoms. The predicted octanol–water partition coefficient (Wildman–Crippen LogP) is 2.79. The molecule has 4 nitrogen and oxygen atoms in total. The molecule has 1 fully saturated rings. The summed E-state index contributed by atoms with van der Waals surface area (Å²) in [6.45, 7) is 10.1. The number of carbonyl (C=O) groups excluding carboxylic acids is 1. The third-order valence-electron chi connectivity index (χ3n) is 4.34. The van der Waals surface area contributed by atoms with E-state index in [1.807, 2.05) is 20.8 Å². The van der Waals surface area contributed by atoms with E-state index in [1.54, 1.807) is 24.3 Å². The summed E-state index contributed by atoms with van der Waals surface area (Å²) in [6.07, 6.45) is 0.423. The minimum absolute atomic E-state index is 0.0901. The maximum absolute atomic E-state index is 12.8. The molecule has 0 spiro atoms. The lowest BCUT2D eigenvalue weighted by atomic mass is 9.86. The van der Waals surface area contributed by atoms with Crippen molar-refractivity contribution < 1.29 is 13.2 Å². The topological polar surface area (TPSA) is 54.5 Å². The monoisotopic (exact) mass is 321 g/mol. The molecule has 1 aliphatic heterocycles. The lowest BCUT2D eigenvalue weighted by Gasteiger charge is -2.16. The minimum atomic E-state index is -3.56. The summed E-state index contributed by atoms with van der Waals surface area (Å²) in [5, 5.41) is 0. The molecule has 2 rings (SSSR count). The maximum atomic E-state index is 12.8. The number of nitrogens with zero attached hydrogens (tertiary/aromatic N) is 1. The number of carbonyl (C=O) groups is 1. The van der Waals surface area contributed by atoms with Crippen LogP contribution < -0.4 is 0 Å². The molecule has 0 N–H and O–H groups in total. The number of rotatable bonds is 5. The molecule has 1 aromatic rings. The van der Waals surface area contributed by atoms with Gasteiger partial charge in [-0.15, -0.1) is 0 Å². The van der Waals surface area contributed by atoms with E-state index in [2.05, 4.69) is 6.58 Å². The lowest BCUT2D eigenvalue weighted by molar-refractivity contribution is -0.122. The number of hydrogen-bond acceptors (Lipinski definition) is 3.